The molecule has 0 saturated carbocycles. The van der Waals surface area contributed by atoms with Crippen LogP contribution >= 0.6 is 0 Å². The van der Waals surface area contributed by atoms with Gasteiger partial charge in [-0.2, -0.15) is 0 Å². The summed E-state index contributed by atoms with van der Waals surface area (Å²) in [6, 6.07) is 0. The molecule has 0 aromatic rings. The van der Waals surface area contributed by atoms with Gasteiger partial charge >= 0.3 is 0 Å². The average molecular weight is 197 g/mol. The average Bonchev–Trinajstić information content (AvgIpc) is 2.59. The molecule has 2 aliphatic rings. The van der Waals surface area contributed by atoms with Crippen molar-refractivity contribution in [2.45, 2.75) is 25.4 Å². The zero-order valence-electron chi connectivity index (χ0n) is 8.19. The van der Waals surface area contributed by atoms with Crippen LogP contribution in [0, 0.1) is 5.41 Å². The van der Waals surface area contributed by atoms with Crippen LogP contribution in [0.5, 0.6) is 0 Å². The van der Waals surface area contributed by atoms with Gasteiger partial charge in [-0.25, -0.2) is 0 Å². The van der Waals surface area contributed by atoms with Crippen LogP contribution in [0.2, 0.25) is 0 Å². The van der Waals surface area contributed by atoms with Gasteiger partial charge in [0, 0.05) is 23.5 Å². The van der Waals surface area contributed by atoms with Crippen molar-refractivity contribution in [3.05, 3.63) is 10.4 Å². The maximum absolute atomic E-state index is 8.28. The number of hydrogen-bond donors (Lipinski definition) is 0. The highest BCUT2D eigenvalue weighted by Gasteiger charge is 2.44. The first kappa shape index (κ1) is 9.77. The molecule has 2 saturated heterocycles. The Morgan fingerprint density at radius 2 is 2.36 bits per heavy atom. The lowest BCUT2D eigenvalue weighted by Gasteiger charge is -2.36. The summed E-state index contributed by atoms with van der Waals surface area (Å²) in [6.07, 6.45) is 3.34. The Morgan fingerprint density at radius 1 is 1.43 bits per heavy atom. The minimum Gasteiger partial charge on any atom is -0.381 e. The van der Waals surface area contributed by atoms with Gasteiger partial charge in [-0.05, 0) is 24.8 Å². The third kappa shape index (κ3) is 1.71. The summed E-state index contributed by atoms with van der Waals surface area (Å²) < 4.78 is 11.1. The smallest absolute Gasteiger partial charge is 0.0710 e. The first-order valence-electron chi connectivity index (χ1n) is 5.08. The van der Waals surface area contributed by atoms with E-state index in [0.717, 1.165) is 39.1 Å². The Bertz CT molecular complexity index is 244. The predicted octanol–water partition coefficient (Wildman–Crippen LogP) is 1.88. The van der Waals surface area contributed by atoms with Gasteiger partial charge in [0.05, 0.1) is 19.3 Å². The molecule has 2 aliphatic heterocycles. The molecule has 14 heavy (non-hydrogen) atoms. The zero-order valence-corrected chi connectivity index (χ0v) is 8.19. The van der Waals surface area contributed by atoms with E-state index < -0.39 is 0 Å². The van der Waals surface area contributed by atoms with Gasteiger partial charge in [-0.15, -0.1) is 0 Å². The highest BCUT2D eigenvalue weighted by atomic mass is 16.5. The first-order valence-corrected chi connectivity index (χ1v) is 5.08. The number of hydrogen-bond acceptors (Lipinski definition) is 3. The molecule has 2 atom stereocenters. The molecule has 5 heteroatoms. The number of rotatable bonds is 2. The molecule has 5 nitrogen and oxygen atoms in total. The lowest BCUT2D eigenvalue weighted by Crippen LogP contribution is -2.40. The van der Waals surface area contributed by atoms with Gasteiger partial charge in [0.2, 0.25) is 0 Å². The minimum absolute atomic E-state index is 0.0682. The summed E-state index contributed by atoms with van der Waals surface area (Å²) in [5, 5.41) is 3.60. The number of azide groups is 1. The molecular weight excluding hydrogens is 182 g/mol. The SMILES string of the molecule is [N-]=[N+]=NCC1OCCC12CCCOC2. The second-order valence-corrected chi connectivity index (χ2v) is 4.04. The van der Waals surface area contributed by atoms with Crippen LogP contribution in [-0.4, -0.2) is 32.5 Å². The van der Waals surface area contributed by atoms with Crippen molar-refractivity contribution in [1.29, 1.82) is 0 Å². The third-order valence-electron chi connectivity index (χ3n) is 3.27. The number of ether oxygens (including phenoxy) is 2. The van der Waals surface area contributed by atoms with E-state index in [0.29, 0.717) is 6.54 Å². The van der Waals surface area contributed by atoms with Gasteiger partial charge < -0.3 is 9.47 Å². The van der Waals surface area contributed by atoms with Crippen LogP contribution in [0.1, 0.15) is 19.3 Å². The van der Waals surface area contributed by atoms with Gasteiger partial charge in [0.15, 0.2) is 0 Å². The summed E-state index contributed by atoms with van der Waals surface area (Å²) in [5.74, 6) is 0. The monoisotopic (exact) mass is 197 g/mol. The number of nitrogens with zero attached hydrogens (tertiary/aromatic N) is 3. The van der Waals surface area contributed by atoms with Crippen LogP contribution in [-0.2, 0) is 9.47 Å². The topological polar surface area (TPSA) is 67.2 Å². The van der Waals surface area contributed by atoms with E-state index in [1.165, 1.54) is 0 Å². The fourth-order valence-corrected chi connectivity index (χ4v) is 2.42. The van der Waals surface area contributed by atoms with Crippen LogP contribution in [0.25, 0.3) is 10.4 Å². The summed E-state index contributed by atoms with van der Waals surface area (Å²) in [5.41, 5.74) is 8.42. The molecule has 78 valence electrons. The molecule has 0 bridgehead atoms. The molecule has 0 aliphatic carbocycles. The highest BCUT2D eigenvalue weighted by Crippen LogP contribution is 2.41. The van der Waals surface area contributed by atoms with Crippen molar-refractivity contribution in [3.63, 3.8) is 0 Å². The summed E-state index contributed by atoms with van der Waals surface area (Å²) in [7, 11) is 0. The lowest BCUT2D eigenvalue weighted by atomic mass is 9.76. The fourth-order valence-electron chi connectivity index (χ4n) is 2.42. The van der Waals surface area contributed by atoms with Crippen LogP contribution in [0.15, 0.2) is 5.11 Å². The van der Waals surface area contributed by atoms with Crippen molar-refractivity contribution >= 4 is 0 Å². The van der Waals surface area contributed by atoms with Gasteiger partial charge in [0.25, 0.3) is 0 Å². The van der Waals surface area contributed by atoms with Crippen molar-refractivity contribution < 1.29 is 9.47 Å². The third-order valence-corrected chi connectivity index (χ3v) is 3.27. The predicted molar refractivity (Wildman–Crippen MR) is 50.9 cm³/mol. The van der Waals surface area contributed by atoms with E-state index >= 15 is 0 Å². The van der Waals surface area contributed by atoms with E-state index in [4.69, 9.17) is 15.0 Å². The Hall–Kier alpha value is -0.770. The molecule has 0 amide bonds. The minimum atomic E-state index is 0.0682. The van der Waals surface area contributed by atoms with Crippen molar-refractivity contribution in [2.75, 3.05) is 26.4 Å². The van der Waals surface area contributed by atoms with Crippen molar-refractivity contribution in [3.8, 4) is 0 Å². The second-order valence-electron chi connectivity index (χ2n) is 4.04. The van der Waals surface area contributed by atoms with Gasteiger partial charge in [0.1, 0.15) is 0 Å². The fraction of sp³-hybridized carbons (Fsp3) is 1.00. The Kier molecular flexibility index (Phi) is 2.91. The molecule has 0 aromatic heterocycles. The summed E-state index contributed by atoms with van der Waals surface area (Å²) >= 11 is 0. The lowest BCUT2D eigenvalue weighted by molar-refractivity contribution is -0.0484. The maximum Gasteiger partial charge on any atom is 0.0710 e. The van der Waals surface area contributed by atoms with Crippen LogP contribution < -0.4 is 0 Å². The van der Waals surface area contributed by atoms with Crippen molar-refractivity contribution in [1.82, 2.24) is 0 Å². The van der Waals surface area contributed by atoms with E-state index in [1.807, 2.05) is 0 Å². The second kappa shape index (κ2) is 4.17. The summed E-state index contributed by atoms with van der Waals surface area (Å²) in [4.78, 5) is 2.78. The van der Waals surface area contributed by atoms with Crippen molar-refractivity contribution in [2.24, 2.45) is 10.5 Å². The first-order chi connectivity index (χ1) is 6.87. The van der Waals surface area contributed by atoms with E-state index in [2.05, 4.69) is 10.0 Å². The Labute approximate surface area is 83.0 Å². The maximum atomic E-state index is 8.28. The zero-order chi connectivity index (χ0) is 9.86. The molecule has 1 spiro atoms. The summed E-state index contributed by atoms with van der Waals surface area (Å²) in [6.45, 7) is 2.84. The van der Waals surface area contributed by atoms with Gasteiger partial charge in [-0.3, -0.25) is 0 Å². The van der Waals surface area contributed by atoms with Crippen LogP contribution in [0.4, 0.5) is 0 Å². The van der Waals surface area contributed by atoms with Gasteiger partial charge in [-0.1, -0.05) is 5.11 Å². The molecule has 2 heterocycles. The molecular formula is C9H15N3O2. The van der Waals surface area contributed by atoms with Crippen LogP contribution in [0.3, 0.4) is 0 Å². The Balaban J connectivity index is 2.03. The normalized spacial score (nSPS) is 37.0. The molecule has 0 N–H and O–H groups in total. The molecule has 2 unspecified atom stereocenters. The molecule has 0 aromatic carbocycles. The molecule has 0 radical (unpaired) electrons. The Morgan fingerprint density at radius 3 is 3.07 bits per heavy atom. The quantitative estimate of drug-likeness (QED) is 0.385. The van der Waals surface area contributed by atoms with E-state index in [1.54, 1.807) is 0 Å². The molecule has 2 fully saturated rings. The molecule has 2 rings (SSSR count). The largest absolute Gasteiger partial charge is 0.381 e. The van der Waals surface area contributed by atoms with E-state index in [-0.39, 0.29) is 11.5 Å². The van der Waals surface area contributed by atoms with E-state index in [9.17, 15) is 0 Å². The standard InChI is InChI=1S/C9H15N3O2/c10-12-11-6-8-9(3-5-14-8)2-1-4-13-7-9/h8H,1-7H2. The highest BCUT2D eigenvalue weighted by molar-refractivity contribution is 4.94.